The van der Waals surface area contributed by atoms with Gasteiger partial charge in [0, 0.05) is 6.04 Å². The van der Waals surface area contributed by atoms with Crippen LogP contribution in [0.15, 0.2) is 0 Å². The van der Waals surface area contributed by atoms with Crippen LogP contribution in [-0.4, -0.2) is 80.0 Å². The van der Waals surface area contributed by atoms with Crippen molar-refractivity contribution in [1.82, 2.24) is 5.32 Å². The summed E-state index contributed by atoms with van der Waals surface area (Å²) in [5.41, 5.74) is 0. The molecule has 1 saturated heterocycles. The van der Waals surface area contributed by atoms with Crippen molar-refractivity contribution in [3.05, 3.63) is 0 Å². The van der Waals surface area contributed by atoms with E-state index in [2.05, 4.69) is 5.32 Å². The summed E-state index contributed by atoms with van der Waals surface area (Å²) in [6.07, 6.45) is -5.50. The van der Waals surface area contributed by atoms with Gasteiger partial charge in [0.25, 0.3) is 5.91 Å². The fraction of sp³-hybridized carbons (Fsp3) is 0.909. The van der Waals surface area contributed by atoms with Gasteiger partial charge in [0.05, 0.1) is 6.61 Å². The lowest BCUT2D eigenvalue weighted by Gasteiger charge is -2.28. The number of hydrogen-bond donors (Lipinski definition) is 6. The average Bonchev–Trinajstić information content (AvgIpc) is 2.44. The second kappa shape index (κ2) is 8.03. The van der Waals surface area contributed by atoms with Crippen LogP contribution in [0.1, 0.15) is 12.8 Å². The van der Waals surface area contributed by atoms with Crippen molar-refractivity contribution in [1.29, 1.82) is 0 Å². The lowest BCUT2D eigenvalue weighted by Crippen LogP contribution is -2.53. The number of aliphatic hydroxyl groups is 5. The molecular weight excluding hydrogens is 274 g/mol. The molecule has 7 nitrogen and oxygen atoms in total. The van der Waals surface area contributed by atoms with Crippen molar-refractivity contribution in [2.45, 2.75) is 43.3 Å². The standard InChI is InChI=1S/C11H21NO6S/c13-5-7(14)8(15)9(16)10(17)11(18)12-6-1-3-19-4-2-6/h6-10,13-17H,1-5H2,(H,12,18). The van der Waals surface area contributed by atoms with Crippen LogP contribution in [0.4, 0.5) is 0 Å². The minimum atomic E-state index is -1.85. The van der Waals surface area contributed by atoms with Crippen molar-refractivity contribution in [2.75, 3.05) is 18.1 Å². The monoisotopic (exact) mass is 295 g/mol. The highest BCUT2D eigenvalue weighted by Crippen LogP contribution is 2.17. The van der Waals surface area contributed by atoms with Crippen LogP contribution in [0.25, 0.3) is 0 Å². The molecule has 4 atom stereocenters. The van der Waals surface area contributed by atoms with Crippen LogP contribution in [0.2, 0.25) is 0 Å². The predicted molar refractivity (Wildman–Crippen MR) is 69.6 cm³/mol. The Labute approximate surface area is 115 Å². The maximum absolute atomic E-state index is 11.7. The van der Waals surface area contributed by atoms with E-state index in [9.17, 15) is 20.1 Å². The lowest BCUT2D eigenvalue weighted by molar-refractivity contribution is -0.149. The second-order valence-corrected chi connectivity index (χ2v) is 5.80. The highest BCUT2D eigenvalue weighted by atomic mass is 32.2. The van der Waals surface area contributed by atoms with E-state index in [1.807, 2.05) is 0 Å². The van der Waals surface area contributed by atoms with Crippen molar-refractivity contribution < 1.29 is 30.3 Å². The summed E-state index contributed by atoms with van der Waals surface area (Å²) in [6.45, 7) is -0.771. The van der Waals surface area contributed by atoms with Crippen molar-refractivity contribution >= 4 is 17.7 Å². The third-order valence-electron chi connectivity index (χ3n) is 3.09. The lowest BCUT2D eigenvalue weighted by atomic mass is 10.0. The topological polar surface area (TPSA) is 130 Å². The number of nitrogens with one attached hydrogen (secondary N) is 1. The van der Waals surface area contributed by atoms with Gasteiger partial charge in [0.15, 0.2) is 6.10 Å². The van der Waals surface area contributed by atoms with Gasteiger partial charge in [-0.25, -0.2) is 0 Å². The largest absolute Gasteiger partial charge is 0.394 e. The van der Waals surface area contributed by atoms with Crippen LogP contribution >= 0.6 is 11.8 Å². The molecule has 0 aromatic carbocycles. The molecule has 1 rings (SSSR count). The molecule has 4 unspecified atom stereocenters. The molecule has 112 valence electrons. The summed E-state index contributed by atoms with van der Waals surface area (Å²) >= 11 is 1.79. The molecule has 1 aliphatic heterocycles. The molecule has 1 amide bonds. The highest BCUT2D eigenvalue weighted by Gasteiger charge is 2.34. The van der Waals surface area contributed by atoms with E-state index >= 15 is 0 Å². The molecule has 8 heteroatoms. The zero-order valence-electron chi connectivity index (χ0n) is 10.5. The average molecular weight is 295 g/mol. The first-order valence-electron chi connectivity index (χ1n) is 6.18. The summed E-state index contributed by atoms with van der Waals surface area (Å²) in [5.74, 6) is 1.07. The number of thioether (sulfide) groups is 1. The number of carbonyl (C=O) groups is 1. The Morgan fingerprint density at radius 1 is 1.16 bits per heavy atom. The molecule has 0 aromatic heterocycles. The minimum absolute atomic E-state index is 0.0458. The van der Waals surface area contributed by atoms with Gasteiger partial charge >= 0.3 is 0 Å². The number of amides is 1. The summed E-state index contributed by atoms with van der Waals surface area (Å²) in [5, 5.41) is 48.9. The molecule has 0 aromatic rings. The number of rotatable bonds is 6. The fourth-order valence-corrected chi connectivity index (χ4v) is 2.91. The molecule has 0 saturated carbocycles. The number of carbonyl (C=O) groups excluding carboxylic acids is 1. The van der Waals surface area contributed by atoms with Gasteiger partial charge < -0.3 is 30.8 Å². The van der Waals surface area contributed by atoms with Crippen molar-refractivity contribution in [3.8, 4) is 0 Å². The van der Waals surface area contributed by atoms with Gasteiger partial charge in [0.1, 0.15) is 18.3 Å². The summed E-state index contributed by atoms with van der Waals surface area (Å²) in [4.78, 5) is 11.7. The maximum Gasteiger partial charge on any atom is 0.251 e. The predicted octanol–water partition coefficient (Wildman–Crippen LogP) is -2.57. The van der Waals surface area contributed by atoms with Crippen LogP contribution < -0.4 is 5.32 Å². The van der Waals surface area contributed by atoms with E-state index in [4.69, 9.17) is 10.2 Å². The van der Waals surface area contributed by atoms with E-state index < -0.39 is 36.9 Å². The highest BCUT2D eigenvalue weighted by molar-refractivity contribution is 7.99. The van der Waals surface area contributed by atoms with Gasteiger partial charge in [0.2, 0.25) is 0 Å². The third-order valence-corrected chi connectivity index (χ3v) is 4.14. The Bertz CT molecular complexity index is 286. The van der Waals surface area contributed by atoms with E-state index in [0.717, 1.165) is 24.3 Å². The van der Waals surface area contributed by atoms with Gasteiger partial charge in [-0.2, -0.15) is 11.8 Å². The minimum Gasteiger partial charge on any atom is -0.394 e. The van der Waals surface area contributed by atoms with Gasteiger partial charge in [-0.1, -0.05) is 0 Å². The van der Waals surface area contributed by atoms with E-state index in [1.54, 1.807) is 11.8 Å². The molecular formula is C11H21NO6S. The van der Waals surface area contributed by atoms with Crippen LogP contribution in [0, 0.1) is 0 Å². The molecule has 1 aliphatic rings. The molecule has 19 heavy (non-hydrogen) atoms. The molecule has 0 spiro atoms. The summed E-state index contributed by atoms with van der Waals surface area (Å²) in [7, 11) is 0. The number of hydrogen-bond acceptors (Lipinski definition) is 7. The summed E-state index contributed by atoms with van der Waals surface area (Å²) < 4.78 is 0. The van der Waals surface area contributed by atoms with Crippen LogP contribution in [0.3, 0.4) is 0 Å². The van der Waals surface area contributed by atoms with E-state index in [1.165, 1.54) is 0 Å². The second-order valence-electron chi connectivity index (χ2n) is 4.57. The first-order chi connectivity index (χ1) is 8.97. The molecule has 0 bridgehead atoms. The SMILES string of the molecule is O=C(NC1CCSCC1)C(O)C(O)C(O)C(O)CO. The molecule has 6 N–H and O–H groups in total. The molecule has 1 heterocycles. The van der Waals surface area contributed by atoms with Crippen LogP contribution in [0.5, 0.6) is 0 Å². The zero-order chi connectivity index (χ0) is 14.4. The maximum atomic E-state index is 11.7. The Kier molecular flexibility index (Phi) is 7.05. The van der Waals surface area contributed by atoms with E-state index in [0.29, 0.717) is 0 Å². The molecule has 1 fully saturated rings. The van der Waals surface area contributed by atoms with Crippen molar-refractivity contribution in [2.24, 2.45) is 0 Å². The van der Waals surface area contributed by atoms with E-state index in [-0.39, 0.29) is 6.04 Å². The summed E-state index contributed by atoms with van der Waals surface area (Å²) in [6, 6.07) is -0.0458. The van der Waals surface area contributed by atoms with Gasteiger partial charge in [-0.3, -0.25) is 4.79 Å². The Morgan fingerprint density at radius 2 is 1.74 bits per heavy atom. The Balaban J connectivity index is 2.46. The van der Waals surface area contributed by atoms with Crippen LogP contribution in [-0.2, 0) is 4.79 Å². The quantitative estimate of drug-likeness (QED) is 0.318. The van der Waals surface area contributed by atoms with Gasteiger partial charge in [-0.05, 0) is 24.3 Å². The van der Waals surface area contributed by atoms with Gasteiger partial charge in [-0.15, -0.1) is 0 Å². The Hall–Kier alpha value is -0.380. The normalized spacial score (nSPS) is 23.4. The first kappa shape index (κ1) is 16.7. The smallest absolute Gasteiger partial charge is 0.251 e. The fourth-order valence-electron chi connectivity index (χ4n) is 1.81. The Morgan fingerprint density at radius 3 is 2.26 bits per heavy atom. The zero-order valence-corrected chi connectivity index (χ0v) is 11.3. The first-order valence-corrected chi connectivity index (χ1v) is 7.34. The third kappa shape index (κ3) is 4.90. The van der Waals surface area contributed by atoms with Crippen molar-refractivity contribution in [3.63, 3.8) is 0 Å². The molecule has 0 radical (unpaired) electrons. The number of aliphatic hydroxyl groups excluding tert-OH is 5. The molecule has 0 aliphatic carbocycles.